The average molecular weight is 419 g/mol. The molecule has 142 valence electrons. The topological polar surface area (TPSA) is 83.3 Å². The highest BCUT2D eigenvalue weighted by Crippen LogP contribution is 2.32. The highest BCUT2D eigenvalue weighted by Gasteiger charge is 2.24. The number of H-pyrrole nitrogens is 1. The van der Waals surface area contributed by atoms with Crippen LogP contribution in [0.1, 0.15) is 5.76 Å². The Bertz CT molecular complexity index is 1220. The second kappa shape index (κ2) is 7.65. The van der Waals surface area contributed by atoms with Gasteiger partial charge in [0.2, 0.25) is 0 Å². The minimum atomic E-state index is -0.187. The van der Waals surface area contributed by atoms with E-state index in [4.69, 9.17) is 4.42 Å². The van der Waals surface area contributed by atoms with Gasteiger partial charge in [-0.25, -0.2) is 9.98 Å². The number of hydrogen-bond acceptors (Lipinski definition) is 6. The largest absolute Gasteiger partial charge is 0.450 e. The highest BCUT2D eigenvalue weighted by atomic mass is 32.2. The van der Waals surface area contributed by atoms with Gasteiger partial charge in [-0.3, -0.25) is 4.79 Å². The van der Waals surface area contributed by atoms with Gasteiger partial charge in [0.15, 0.2) is 15.4 Å². The molecular formula is C21H14N4O2S2. The molecule has 0 radical (unpaired) electrons. The van der Waals surface area contributed by atoms with Gasteiger partial charge in [0.25, 0.3) is 5.91 Å². The lowest BCUT2D eigenvalue weighted by atomic mass is 10.3. The number of nitrogens with zero attached hydrogens (tertiary/aromatic N) is 2. The number of para-hydroxylation sites is 3. The van der Waals surface area contributed by atoms with E-state index in [0.29, 0.717) is 20.9 Å². The Hall–Kier alpha value is -3.23. The van der Waals surface area contributed by atoms with Crippen LogP contribution in [0.5, 0.6) is 0 Å². The average Bonchev–Trinajstić information content (AvgIpc) is 3.42. The van der Waals surface area contributed by atoms with Crippen molar-refractivity contribution in [1.82, 2.24) is 15.3 Å². The van der Waals surface area contributed by atoms with Crippen LogP contribution in [0.2, 0.25) is 0 Å². The van der Waals surface area contributed by atoms with Gasteiger partial charge < -0.3 is 14.7 Å². The lowest BCUT2D eigenvalue weighted by Gasteiger charge is -1.94. The number of furan rings is 1. The summed E-state index contributed by atoms with van der Waals surface area (Å²) < 4.78 is 5.84. The fourth-order valence-corrected chi connectivity index (χ4v) is 4.36. The molecule has 0 spiro atoms. The molecule has 0 bridgehead atoms. The van der Waals surface area contributed by atoms with Crippen LogP contribution in [0, 0.1) is 0 Å². The van der Waals surface area contributed by atoms with Gasteiger partial charge in [-0.05, 0) is 59.9 Å². The van der Waals surface area contributed by atoms with Crippen molar-refractivity contribution in [2.75, 3.05) is 0 Å². The SMILES string of the molecule is O=C1NC(=Nc2ccccc2)S/C1=C\c1ccc(Sc2nc3ccccc3[nH]2)o1. The molecule has 1 aliphatic heterocycles. The molecule has 0 unspecified atom stereocenters. The van der Waals surface area contributed by atoms with Gasteiger partial charge >= 0.3 is 0 Å². The van der Waals surface area contributed by atoms with Crippen LogP contribution in [0.4, 0.5) is 5.69 Å². The van der Waals surface area contributed by atoms with Gasteiger partial charge in [-0.1, -0.05) is 30.3 Å². The van der Waals surface area contributed by atoms with Crippen LogP contribution >= 0.6 is 23.5 Å². The van der Waals surface area contributed by atoms with Crippen molar-refractivity contribution in [3.05, 3.63) is 77.4 Å². The number of thioether (sulfide) groups is 1. The molecule has 1 saturated heterocycles. The van der Waals surface area contributed by atoms with Crippen LogP contribution in [0.15, 0.2) is 91.3 Å². The third-order valence-electron chi connectivity index (χ3n) is 4.08. The first kappa shape index (κ1) is 17.8. The maximum Gasteiger partial charge on any atom is 0.264 e. The monoisotopic (exact) mass is 418 g/mol. The number of carbonyl (C=O) groups is 1. The van der Waals surface area contributed by atoms with Crippen LogP contribution in [0.25, 0.3) is 17.1 Å². The highest BCUT2D eigenvalue weighted by molar-refractivity contribution is 8.18. The van der Waals surface area contributed by atoms with E-state index in [0.717, 1.165) is 21.9 Å². The summed E-state index contributed by atoms with van der Waals surface area (Å²) in [5.41, 5.74) is 2.68. The van der Waals surface area contributed by atoms with Gasteiger partial charge in [0.1, 0.15) is 5.76 Å². The first-order chi connectivity index (χ1) is 14.2. The first-order valence-corrected chi connectivity index (χ1v) is 10.4. The quantitative estimate of drug-likeness (QED) is 0.445. The Morgan fingerprint density at radius 3 is 2.72 bits per heavy atom. The summed E-state index contributed by atoms with van der Waals surface area (Å²) in [6, 6.07) is 21.0. The predicted octanol–water partition coefficient (Wildman–Crippen LogP) is 5.20. The summed E-state index contributed by atoms with van der Waals surface area (Å²) in [6.07, 6.45) is 1.72. The Morgan fingerprint density at radius 2 is 1.86 bits per heavy atom. The lowest BCUT2D eigenvalue weighted by molar-refractivity contribution is -0.115. The summed E-state index contributed by atoms with van der Waals surface area (Å²) in [6.45, 7) is 0. The Morgan fingerprint density at radius 1 is 1.03 bits per heavy atom. The van der Waals surface area contributed by atoms with Crippen molar-refractivity contribution in [1.29, 1.82) is 0 Å². The molecule has 5 rings (SSSR count). The number of benzene rings is 2. The fraction of sp³-hybridized carbons (Fsp3) is 0. The molecule has 1 aliphatic rings. The number of aliphatic imine (C=N–C) groups is 1. The molecule has 3 heterocycles. The summed E-state index contributed by atoms with van der Waals surface area (Å²) in [4.78, 5) is 25.0. The normalized spacial score (nSPS) is 16.8. The zero-order chi connectivity index (χ0) is 19.6. The lowest BCUT2D eigenvalue weighted by Crippen LogP contribution is -2.19. The summed E-state index contributed by atoms with van der Waals surface area (Å²) >= 11 is 2.69. The van der Waals surface area contributed by atoms with Crippen molar-refractivity contribution in [2.24, 2.45) is 4.99 Å². The van der Waals surface area contributed by atoms with Crippen molar-refractivity contribution < 1.29 is 9.21 Å². The molecule has 29 heavy (non-hydrogen) atoms. The Balaban J connectivity index is 1.32. The van der Waals surface area contributed by atoms with E-state index in [2.05, 4.69) is 20.3 Å². The van der Waals surface area contributed by atoms with Crippen LogP contribution in [-0.2, 0) is 4.79 Å². The van der Waals surface area contributed by atoms with Gasteiger partial charge in [0, 0.05) is 6.08 Å². The minimum absolute atomic E-state index is 0.187. The fourth-order valence-electron chi connectivity index (χ4n) is 2.77. The minimum Gasteiger partial charge on any atom is -0.450 e. The molecule has 1 amide bonds. The number of imidazole rings is 1. The van der Waals surface area contributed by atoms with Crippen molar-refractivity contribution in [3.8, 4) is 0 Å². The molecule has 2 N–H and O–H groups in total. The van der Waals surface area contributed by atoms with Gasteiger partial charge in [-0.2, -0.15) is 0 Å². The summed E-state index contributed by atoms with van der Waals surface area (Å²) in [7, 11) is 0. The van der Waals surface area contributed by atoms with E-state index in [1.165, 1.54) is 23.5 Å². The van der Waals surface area contributed by atoms with E-state index in [1.54, 1.807) is 6.08 Å². The van der Waals surface area contributed by atoms with E-state index in [-0.39, 0.29) is 5.91 Å². The smallest absolute Gasteiger partial charge is 0.264 e. The van der Waals surface area contributed by atoms with Crippen LogP contribution in [-0.4, -0.2) is 21.0 Å². The number of rotatable bonds is 4. The first-order valence-electron chi connectivity index (χ1n) is 8.80. The van der Waals surface area contributed by atoms with Gasteiger partial charge in [-0.15, -0.1) is 0 Å². The third kappa shape index (κ3) is 3.98. The Kier molecular flexibility index (Phi) is 4.71. The zero-order valence-corrected chi connectivity index (χ0v) is 16.6. The predicted molar refractivity (Wildman–Crippen MR) is 116 cm³/mol. The third-order valence-corrected chi connectivity index (χ3v) is 5.80. The second-order valence-corrected chi connectivity index (χ2v) is 8.16. The molecule has 0 saturated carbocycles. The maximum absolute atomic E-state index is 12.2. The summed E-state index contributed by atoms with van der Waals surface area (Å²) in [5, 5.41) is 4.78. The Labute approximate surface area is 174 Å². The number of hydrogen-bond donors (Lipinski definition) is 2. The molecular weight excluding hydrogens is 404 g/mol. The van der Waals surface area contributed by atoms with Crippen LogP contribution < -0.4 is 5.32 Å². The number of nitrogens with one attached hydrogen (secondary N) is 2. The second-order valence-electron chi connectivity index (χ2n) is 6.14. The number of amides is 1. The van der Waals surface area contributed by atoms with Crippen LogP contribution in [0.3, 0.4) is 0 Å². The zero-order valence-electron chi connectivity index (χ0n) is 15.0. The molecule has 2 aromatic carbocycles. The van der Waals surface area contributed by atoms with Crippen molar-refractivity contribution in [2.45, 2.75) is 10.2 Å². The number of aromatic nitrogens is 2. The number of carbonyl (C=O) groups excluding carboxylic acids is 1. The van der Waals surface area contributed by atoms with Crippen molar-refractivity contribution in [3.63, 3.8) is 0 Å². The summed E-state index contributed by atoms with van der Waals surface area (Å²) in [5.74, 6) is 0.412. The molecule has 2 aromatic heterocycles. The molecule has 6 nitrogen and oxygen atoms in total. The molecule has 0 atom stereocenters. The van der Waals surface area contributed by atoms with E-state index in [9.17, 15) is 4.79 Å². The molecule has 4 aromatic rings. The maximum atomic E-state index is 12.2. The number of fused-ring (bicyclic) bond motifs is 1. The number of aromatic amines is 1. The standard InChI is InChI=1S/C21H14N4O2S2/c26-19-17(28-20(25-19)22-13-6-2-1-3-7-13)12-14-10-11-18(27-14)29-21-23-15-8-4-5-9-16(15)24-21/h1-12H,(H,23,24)(H,22,25,26)/b17-12-. The van der Waals surface area contributed by atoms with Crippen molar-refractivity contribution >= 4 is 57.4 Å². The van der Waals surface area contributed by atoms with Gasteiger partial charge in [0.05, 0.1) is 21.6 Å². The van der Waals surface area contributed by atoms with E-state index in [1.807, 2.05) is 66.7 Å². The van der Waals surface area contributed by atoms with E-state index < -0.39 is 0 Å². The molecule has 1 fully saturated rings. The molecule has 8 heteroatoms. The number of amidine groups is 1. The molecule has 0 aliphatic carbocycles. The van der Waals surface area contributed by atoms with E-state index >= 15 is 0 Å².